The first-order chi connectivity index (χ1) is 14.5. The lowest BCUT2D eigenvalue weighted by Gasteiger charge is -2.13. The molecule has 3 rings (SSSR count). The van der Waals surface area contributed by atoms with Gasteiger partial charge in [0.25, 0.3) is 11.8 Å². The highest BCUT2D eigenvalue weighted by atomic mass is 16.5. The molecule has 0 saturated heterocycles. The molecule has 6 nitrogen and oxygen atoms in total. The molecular formula is C24H24N2O4. The smallest absolute Gasteiger partial charge is 0.257 e. The SMILES string of the molecule is CCc1ccc(NC(=O)c2ccccc2NC(=O)c2ccc(OC)c(OC)c2)cc1. The Morgan fingerprint density at radius 3 is 2.17 bits per heavy atom. The Labute approximate surface area is 175 Å². The van der Waals surface area contributed by atoms with Crippen LogP contribution in [0.5, 0.6) is 11.5 Å². The molecule has 154 valence electrons. The molecule has 0 aliphatic heterocycles. The second kappa shape index (κ2) is 9.60. The molecule has 0 saturated carbocycles. The summed E-state index contributed by atoms with van der Waals surface area (Å²) < 4.78 is 10.5. The van der Waals surface area contributed by atoms with Crippen molar-refractivity contribution in [3.05, 3.63) is 83.4 Å². The Morgan fingerprint density at radius 1 is 0.800 bits per heavy atom. The fourth-order valence-corrected chi connectivity index (χ4v) is 2.98. The summed E-state index contributed by atoms with van der Waals surface area (Å²) >= 11 is 0. The molecule has 0 heterocycles. The highest BCUT2D eigenvalue weighted by molar-refractivity contribution is 6.12. The molecule has 2 N–H and O–H groups in total. The summed E-state index contributed by atoms with van der Waals surface area (Å²) in [7, 11) is 3.04. The number of aryl methyl sites for hydroxylation is 1. The number of anilines is 2. The van der Waals surface area contributed by atoms with Crippen LogP contribution in [0.15, 0.2) is 66.7 Å². The third-order valence-corrected chi connectivity index (χ3v) is 4.69. The van der Waals surface area contributed by atoms with Crippen molar-refractivity contribution in [2.75, 3.05) is 24.9 Å². The molecule has 0 unspecified atom stereocenters. The van der Waals surface area contributed by atoms with Crippen LogP contribution in [0, 0.1) is 0 Å². The van der Waals surface area contributed by atoms with Crippen LogP contribution < -0.4 is 20.1 Å². The first kappa shape index (κ1) is 20.9. The van der Waals surface area contributed by atoms with Gasteiger partial charge in [-0.2, -0.15) is 0 Å². The fraction of sp³-hybridized carbons (Fsp3) is 0.167. The number of nitrogens with one attached hydrogen (secondary N) is 2. The zero-order valence-electron chi connectivity index (χ0n) is 17.2. The lowest BCUT2D eigenvalue weighted by Crippen LogP contribution is -2.18. The summed E-state index contributed by atoms with van der Waals surface area (Å²) in [4.78, 5) is 25.5. The number of para-hydroxylation sites is 1. The van der Waals surface area contributed by atoms with Crippen molar-refractivity contribution in [1.29, 1.82) is 0 Å². The highest BCUT2D eigenvalue weighted by Crippen LogP contribution is 2.28. The zero-order valence-corrected chi connectivity index (χ0v) is 17.2. The number of ether oxygens (including phenoxy) is 2. The molecule has 0 radical (unpaired) electrons. The van der Waals surface area contributed by atoms with Crippen molar-refractivity contribution >= 4 is 23.2 Å². The normalized spacial score (nSPS) is 10.2. The Kier molecular flexibility index (Phi) is 6.70. The van der Waals surface area contributed by atoms with E-state index in [1.807, 2.05) is 24.3 Å². The standard InChI is InChI=1S/C24H24N2O4/c1-4-16-9-12-18(13-10-16)25-24(28)19-7-5-6-8-20(19)26-23(27)17-11-14-21(29-2)22(15-17)30-3/h5-15H,4H2,1-3H3,(H,25,28)(H,26,27). The van der Waals surface area contributed by atoms with E-state index in [-0.39, 0.29) is 11.8 Å². The molecule has 3 aromatic carbocycles. The number of benzene rings is 3. The average Bonchev–Trinajstić information content (AvgIpc) is 2.79. The monoisotopic (exact) mass is 404 g/mol. The van der Waals surface area contributed by atoms with E-state index in [1.54, 1.807) is 42.5 Å². The highest BCUT2D eigenvalue weighted by Gasteiger charge is 2.16. The minimum absolute atomic E-state index is 0.303. The topological polar surface area (TPSA) is 76.7 Å². The van der Waals surface area contributed by atoms with Crippen LogP contribution in [-0.2, 0) is 6.42 Å². The second-order valence-corrected chi connectivity index (χ2v) is 6.57. The number of methoxy groups -OCH3 is 2. The summed E-state index contributed by atoms with van der Waals surface area (Å²) in [6.07, 6.45) is 0.930. The van der Waals surface area contributed by atoms with Gasteiger partial charge in [-0.25, -0.2) is 0 Å². The molecule has 0 spiro atoms. The van der Waals surface area contributed by atoms with Crippen molar-refractivity contribution in [3.63, 3.8) is 0 Å². The van der Waals surface area contributed by atoms with Gasteiger partial charge in [-0.3, -0.25) is 9.59 Å². The molecule has 2 amide bonds. The van der Waals surface area contributed by atoms with Gasteiger partial charge < -0.3 is 20.1 Å². The Hall–Kier alpha value is -3.80. The van der Waals surface area contributed by atoms with E-state index in [9.17, 15) is 9.59 Å². The van der Waals surface area contributed by atoms with Gasteiger partial charge in [-0.15, -0.1) is 0 Å². The third-order valence-electron chi connectivity index (χ3n) is 4.69. The fourth-order valence-electron chi connectivity index (χ4n) is 2.98. The Morgan fingerprint density at radius 2 is 1.50 bits per heavy atom. The maximum Gasteiger partial charge on any atom is 0.257 e. The molecule has 3 aromatic rings. The lowest BCUT2D eigenvalue weighted by molar-refractivity contribution is 0.102. The number of hydrogen-bond donors (Lipinski definition) is 2. The van der Waals surface area contributed by atoms with Crippen molar-refractivity contribution in [2.24, 2.45) is 0 Å². The summed E-state index contributed by atoms with van der Waals surface area (Å²) in [6, 6.07) is 19.4. The van der Waals surface area contributed by atoms with E-state index in [0.717, 1.165) is 6.42 Å². The van der Waals surface area contributed by atoms with Gasteiger partial charge in [0.05, 0.1) is 25.5 Å². The molecule has 0 aliphatic rings. The molecule has 30 heavy (non-hydrogen) atoms. The van der Waals surface area contributed by atoms with Crippen LogP contribution in [0.1, 0.15) is 33.2 Å². The number of carbonyl (C=O) groups is 2. The Balaban J connectivity index is 1.79. The molecule has 0 fully saturated rings. The van der Waals surface area contributed by atoms with Gasteiger partial charge in [-0.1, -0.05) is 31.2 Å². The second-order valence-electron chi connectivity index (χ2n) is 6.57. The van der Waals surface area contributed by atoms with E-state index >= 15 is 0 Å². The van der Waals surface area contributed by atoms with Crippen LogP contribution in [0.25, 0.3) is 0 Å². The third kappa shape index (κ3) is 4.78. The van der Waals surface area contributed by atoms with E-state index in [1.165, 1.54) is 19.8 Å². The molecule has 0 aliphatic carbocycles. The van der Waals surface area contributed by atoms with E-state index < -0.39 is 0 Å². The van der Waals surface area contributed by atoms with Gasteiger partial charge in [-0.05, 0) is 54.4 Å². The van der Waals surface area contributed by atoms with Crippen molar-refractivity contribution in [2.45, 2.75) is 13.3 Å². The van der Waals surface area contributed by atoms with Gasteiger partial charge in [0, 0.05) is 11.3 Å². The van der Waals surface area contributed by atoms with E-state index in [0.29, 0.717) is 34.0 Å². The van der Waals surface area contributed by atoms with Crippen LogP contribution in [0.3, 0.4) is 0 Å². The van der Waals surface area contributed by atoms with Crippen molar-refractivity contribution in [3.8, 4) is 11.5 Å². The summed E-state index contributed by atoms with van der Waals surface area (Å²) in [5.74, 6) is 0.320. The first-order valence-electron chi connectivity index (χ1n) is 9.58. The van der Waals surface area contributed by atoms with Gasteiger partial charge in [0.2, 0.25) is 0 Å². The lowest BCUT2D eigenvalue weighted by atomic mass is 10.1. The van der Waals surface area contributed by atoms with Crippen LogP contribution in [0.2, 0.25) is 0 Å². The van der Waals surface area contributed by atoms with Gasteiger partial charge >= 0.3 is 0 Å². The molecule has 6 heteroatoms. The Bertz CT molecular complexity index is 1050. The summed E-state index contributed by atoms with van der Waals surface area (Å²) in [6.45, 7) is 2.07. The minimum atomic E-state index is -0.358. The molecule has 0 atom stereocenters. The van der Waals surface area contributed by atoms with Crippen LogP contribution >= 0.6 is 0 Å². The van der Waals surface area contributed by atoms with E-state index in [2.05, 4.69) is 17.6 Å². The number of carbonyl (C=O) groups excluding carboxylic acids is 2. The quantitative estimate of drug-likeness (QED) is 0.595. The van der Waals surface area contributed by atoms with Crippen LogP contribution in [-0.4, -0.2) is 26.0 Å². The zero-order chi connectivity index (χ0) is 21.5. The van der Waals surface area contributed by atoms with Gasteiger partial charge in [0.1, 0.15) is 0 Å². The van der Waals surface area contributed by atoms with Gasteiger partial charge in [0.15, 0.2) is 11.5 Å². The molecule has 0 bridgehead atoms. The number of rotatable bonds is 7. The summed E-state index contributed by atoms with van der Waals surface area (Å²) in [5.41, 5.74) is 3.05. The van der Waals surface area contributed by atoms with Crippen molar-refractivity contribution < 1.29 is 19.1 Å². The number of hydrogen-bond acceptors (Lipinski definition) is 4. The maximum absolute atomic E-state index is 12.8. The summed E-state index contributed by atoms with van der Waals surface area (Å²) in [5, 5.41) is 5.67. The number of amides is 2. The first-order valence-corrected chi connectivity index (χ1v) is 9.58. The predicted molar refractivity (Wildman–Crippen MR) is 118 cm³/mol. The van der Waals surface area contributed by atoms with Crippen LogP contribution in [0.4, 0.5) is 11.4 Å². The average molecular weight is 404 g/mol. The van der Waals surface area contributed by atoms with Crippen molar-refractivity contribution in [1.82, 2.24) is 0 Å². The minimum Gasteiger partial charge on any atom is -0.493 e. The largest absolute Gasteiger partial charge is 0.493 e. The van der Waals surface area contributed by atoms with E-state index in [4.69, 9.17) is 9.47 Å². The molecular weight excluding hydrogens is 380 g/mol. The predicted octanol–water partition coefficient (Wildman–Crippen LogP) is 4.77. The molecule has 0 aromatic heterocycles. The maximum atomic E-state index is 12.8.